The topological polar surface area (TPSA) is 88.0 Å². The molecule has 0 amide bonds. The van der Waals surface area contributed by atoms with Gasteiger partial charge < -0.3 is 10.4 Å². The fraction of sp³-hybridized carbons (Fsp3) is 0.200. The van der Waals surface area contributed by atoms with Crippen LogP contribution in [-0.4, -0.2) is 26.0 Å². The molecule has 0 atom stereocenters. The SMILES string of the molecule is Cc1cnc(CNc2nccc(C(=O)O)n2)s1. The Balaban J connectivity index is 2.04. The first-order chi connectivity index (χ1) is 8.15. The van der Waals surface area contributed by atoms with E-state index in [1.165, 1.54) is 12.3 Å². The number of nitrogens with zero attached hydrogens (tertiary/aromatic N) is 3. The molecule has 2 aromatic heterocycles. The van der Waals surface area contributed by atoms with Crippen molar-refractivity contribution in [3.8, 4) is 0 Å². The number of carbonyl (C=O) groups is 1. The quantitative estimate of drug-likeness (QED) is 0.856. The molecular weight excluding hydrogens is 240 g/mol. The zero-order valence-electron chi connectivity index (χ0n) is 9.04. The summed E-state index contributed by atoms with van der Waals surface area (Å²) in [4.78, 5) is 23.8. The van der Waals surface area contributed by atoms with Crippen molar-refractivity contribution in [2.24, 2.45) is 0 Å². The summed E-state index contributed by atoms with van der Waals surface area (Å²) < 4.78 is 0. The Labute approximate surface area is 101 Å². The molecule has 88 valence electrons. The van der Waals surface area contributed by atoms with Crippen molar-refractivity contribution in [2.75, 3.05) is 5.32 Å². The summed E-state index contributed by atoms with van der Waals surface area (Å²) in [6, 6.07) is 1.35. The van der Waals surface area contributed by atoms with E-state index < -0.39 is 5.97 Å². The van der Waals surface area contributed by atoms with Gasteiger partial charge in [-0.15, -0.1) is 11.3 Å². The van der Waals surface area contributed by atoms with E-state index in [0.29, 0.717) is 6.54 Å². The Kier molecular flexibility index (Phi) is 3.29. The van der Waals surface area contributed by atoms with Crippen LogP contribution in [0.5, 0.6) is 0 Å². The van der Waals surface area contributed by atoms with Gasteiger partial charge in [0.2, 0.25) is 5.95 Å². The van der Waals surface area contributed by atoms with Crippen molar-refractivity contribution in [3.05, 3.63) is 34.0 Å². The molecule has 0 saturated heterocycles. The summed E-state index contributed by atoms with van der Waals surface area (Å²) in [5, 5.41) is 12.6. The summed E-state index contributed by atoms with van der Waals surface area (Å²) in [7, 11) is 0. The molecule has 2 heterocycles. The molecule has 0 unspecified atom stereocenters. The van der Waals surface area contributed by atoms with Gasteiger partial charge >= 0.3 is 5.97 Å². The summed E-state index contributed by atoms with van der Waals surface area (Å²) in [5.74, 6) is -0.779. The number of hydrogen-bond acceptors (Lipinski definition) is 6. The monoisotopic (exact) mass is 250 g/mol. The van der Waals surface area contributed by atoms with E-state index in [2.05, 4.69) is 20.3 Å². The maximum Gasteiger partial charge on any atom is 0.354 e. The zero-order valence-corrected chi connectivity index (χ0v) is 9.86. The van der Waals surface area contributed by atoms with Gasteiger partial charge in [-0.2, -0.15) is 0 Å². The third-order valence-corrected chi connectivity index (χ3v) is 2.85. The standard InChI is InChI=1S/C10H10N4O2S/c1-6-4-12-8(17-6)5-13-10-11-3-2-7(14-10)9(15)16/h2-4H,5H2,1H3,(H,15,16)(H,11,13,14). The van der Waals surface area contributed by atoms with Crippen LogP contribution in [0.15, 0.2) is 18.5 Å². The molecule has 6 nitrogen and oxygen atoms in total. The van der Waals surface area contributed by atoms with Gasteiger partial charge in [-0.25, -0.2) is 19.7 Å². The molecule has 0 spiro atoms. The molecule has 0 aliphatic carbocycles. The normalized spacial score (nSPS) is 10.2. The second kappa shape index (κ2) is 4.88. The molecule has 0 saturated carbocycles. The van der Waals surface area contributed by atoms with Crippen LogP contribution in [0.4, 0.5) is 5.95 Å². The number of carboxylic acid groups (broad SMARTS) is 1. The minimum atomic E-state index is -1.07. The zero-order chi connectivity index (χ0) is 12.3. The Hall–Kier alpha value is -2.02. The number of aromatic nitrogens is 3. The van der Waals surface area contributed by atoms with Gasteiger partial charge in [0.05, 0.1) is 6.54 Å². The first kappa shape index (κ1) is 11.5. The molecule has 0 aliphatic rings. The van der Waals surface area contributed by atoms with E-state index in [-0.39, 0.29) is 11.6 Å². The van der Waals surface area contributed by atoms with Crippen molar-refractivity contribution in [1.82, 2.24) is 15.0 Å². The lowest BCUT2D eigenvalue weighted by molar-refractivity contribution is 0.0690. The molecular formula is C10H10N4O2S. The van der Waals surface area contributed by atoms with Crippen LogP contribution >= 0.6 is 11.3 Å². The fourth-order valence-electron chi connectivity index (χ4n) is 1.20. The highest BCUT2D eigenvalue weighted by molar-refractivity contribution is 7.11. The minimum absolute atomic E-state index is 0.0298. The van der Waals surface area contributed by atoms with Crippen LogP contribution in [-0.2, 0) is 6.54 Å². The van der Waals surface area contributed by atoms with E-state index in [9.17, 15) is 4.79 Å². The van der Waals surface area contributed by atoms with Crippen LogP contribution < -0.4 is 5.32 Å². The van der Waals surface area contributed by atoms with Crippen LogP contribution in [0, 0.1) is 6.92 Å². The maximum absolute atomic E-state index is 10.7. The van der Waals surface area contributed by atoms with Crippen LogP contribution in [0.3, 0.4) is 0 Å². The second-order valence-electron chi connectivity index (χ2n) is 3.29. The van der Waals surface area contributed by atoms with Crippen LogP contribution in [0.1, 0.15) is 20.4 Å². The van der Waals surface area contributed by atoms with Crippen molar-refractivity contribution in [3.63, 3.8) is 0 Å². The molecule has 2 aromatic rings. The third kappa shape index (κ3) is 2.97. The van der Waals surface area contributed by atoms with Crippen molar-refractivity contribution >= 4 is 23.3 Å². The predicted molar refractivity (Wildman–Crippen MR) is 63.2 cm³/mol. The minimum Gasteiger partial charge on any atom is -0.477 e. The number of aryl methyl sites for hydroxylation is 1. The molecule has 0 aromatic carbocycles. The van der Waals surface area contributed by atoms with Gasteiger partial charge in [-0.1, -0.05) is 0 Å². The van der Waals surface area contributed by atoms with E-state index in [1.54, 1.807) is 17.5 Å². The first-order valence-electron chi connectivity index (χ1n) is 4.86. The summed E-state index contributed by atoms with van der Waals surface area (Å²) >= 11 is 1.57. The fourth-order valence-corrected chi connectivity index (χ4v) is 1.93. The molecule has 0 fully saturated rings. The number of thiazole rings is 1. The van der Waals surface area contributed by atoms with Crippen molar-refractivity contribution in [1.29, 1.82) is 0 Å². The van der Waals surface area contributed by atoms with Crippen LogP contribution in [0.2, 0.25) is 0 Å². The highest BCUT2D eigenvalue weighted by Crippen LogP contribution is 2.12. The number of nitrogens with one attached hydrogen (secondary N) is 1. The number of rotatable bonds is 4. The number of anilines is 1. The predicted octanol–water partition coefficient (Wildman–Crippen LogP) is 1.55. The second-order valence-corrected chi connectivity index (χ2v) is 4.61. The number of hydrogen-bond donors (Lipinski definition) is 2. The molecule has 0 aliphatic heterocycles. The lowest BCUT2D eigenvalue weighted by Gasteiger charge is -2.02. The van der Waals surface area contributed by atoms with Gasteiger partial charge in [0.25, 0.3) is 0 Å². The van der Waals surface area contributed by atoms with Crippen molar-refractivity contribution < 1.29 is 9.90 Å². The Bertz CT molecular complexity index is 541. The lowest BCUT2D eigenvalue weighted by atomic mass is 10.4. The molecule has 0 bridgehead atoms. The Morgan fingerprint density at radius 1 is 1.53 bits per heavy atom. The van der Waals surface area contributed by atoms with Crippen LogP contribution in [0.25, 0.3) is 0 Å². The summed E-state index contributed by atoms with van der Waals surface area (Å²) in [5.41, 5.74) is -0.0298. The molecule has 17 heavy (non-hydrogen) atoms. The van der Waals surface area contributed by atoms with E-state index in [1.807, 2.05) is 6.92 Å². The van der Waals surface area contributed by atoms with E-state index in [4.69, 9.17) is 5.11 Å². The maximum atomic E-state index is 10.7. The van der Waals surface area contributed by atoms with E-state index in [0.717, 1.165) is 9.88 Å². The molecule has 7 heteroatoms. The average Bonchev–Trinajstić information content (AvgIpc) is 2.73. The van der Waals surface area contributed by atoms with E-state index >= 15 is 0 Å². The van der Waals surface area contributed by atoms with Gasteiger partial charge in [-0.05, 0) is 13.0 Å². The average molecular weight is 250 g/mol. The molecule has 0 radical (unpaired) electrons. The smallest absolute Gasteiger partial charge is 0.354 e. The third-order valence-electron chi connectivity index (χ3n) is 1.94. The Morgan fingerprint density at radius 3 is 3.00 bits per heavy atom. The lowest BCUT2D eigenvalue weighted by Crippen LogP contribution is -2.07. The number of aromatic carboxylic acids is 1. The number of carboxylic acids is 1. The first-order valence-corrected chi connectivity index (χ1v) is 5.68. The van der Waals surface area contributed by atoms with Gasteiger partial charge in [0.1, 0.15) is 5.01 Å². The molecule has 2 rings (SSSR count). The highest BCUT2D eigenvalue weighted by atomic mass is 32.1. The largest absolute Gasteiger partial charge is 0.477 e. The molecule has 2 N–H and O–H groups in total. The summed E-state index contributed by atoms with van der Waals surface area (Å²) in [6.45, 7) is 2.46. The van der Waals surface area contributed by atoms with Gasteiger partial charge in [-0.3, -0.25) is 0 Å². The van der Waals surface area contributed by atoms with Crippen molar-refractivity contribution in [2.45, 2.75) is 13.5 Å². The Morgan fingerprint density at radius 2 is 2.35 bits per heavy atom. The van der Waals surface area contributed by atoms with Gasteiger partial charge in [0.15, 0.2) is 5.69 Å². The summed E-state index contributed by atoms with van der Waals surface area (Å²) in [6.07, 6.45) is 3.20. The van der Waals surface area contributed by atoms with Gasteiger partial charge in [0, 0.05) is 17.3 Å². The highest BCUT2D eigenvalue weighted by Gasteiger charge is 2.06.